The highest BCUT2D eigenvalue weighted by atomic mass is 32.1. The number of nitrogens with zero attached hydrogens (tertiary/aromatic N) is 2. The Labute approximate surface area is 147 Å². The molecular formula is C16H15FN4OS2. The molecule has 124 valence electrons. The minimum atomic E-state index is -0.303. The van der Waals surface area contributed by atoms with Gasteiger partial charge in [-0.1, -0.05) is 18.2 Å². The quantitative estimate of drug-likeness (QED) is 0.681. The SMILES string of the molecule is C[C@@H](NC(=O)Cn1c(-c2cccs2)n[nH]c1=S)c1ccc(F)cc1. The van der Waals surface area contributed by atoms with Crippen molar-refractivity contribution >= 4 is 29.5 Å². The summed E-state index contributed by atoms with van der Waals surface area (Å²) < 4.78 is 15.0. The van der Waals surface area contributed by atoms with Crippen LogP contribution in [-0.2, 0) is 11.3 Å². The molecule has 0 aliphatic carbocycles. The number of carbonyl (C=O) groups excluding carboxylic acids is 1. The first-order valence-corrected chi connectivity index (χ1v) is 8.57. The van der Waals surface area contributed by atoms with Gasteiger partial charge in [0.15, 0.2) is 10.6 Å². The molecular weight excluding hydrogens is 347 g/mol. The van der Waals surface area contributed by atoms with Crippen molar-refractivity contribution in [3.8, 4) is 10.7 Å². The predicted octanol–water partition coefficient (Wildman–Crippen LogP) is 3.69. The van der Waals surface area contributed by atoms with E-state index in [1.807, 2.05) is 24.4 Å². The third kappa shape index (κ3) is 3.60. The van der Waals surface area contributed by atoms with Crippen LogP contribution in [0.4, 0.5) is 4.39 Å². The number of halogens is 1. The van der Waals surface area contributed by atoms with Crippen molar-refractivity contribution in [3.63, 3.8) is 0 Å². The average Bonchev–Trinajstić information content (AvgIpc) is 3.19. The highest BCUT2D eigenvalue weighted by molar-refractivity contribution is 7.71. The van der Waals surface area contributed by atoms with Crippen LogP contribution in [0.5, 0.6) is 0 Å². The third-order valence-corrected chi connectivity index (χ3v) is 4.73. The molecule has 3 rings (SSSR count). The van der Waals surface area contributed by atoms with Crippen molar-refractivity contribution in [2.45, 2.75) is 19.5 Å². The number of nitrogens with one attached hydrogen (secondary N) is 2. The van der Waals surface area contributed by atoms with Crippen LogP contribution in [-0.4, -0.2) is 20.7 Å². The molecule has 0 saturated heterocycles. The van der Waals surface area contributed by atoms with Crippen molar-refractivity contribution in [1.82, 2.24) is 20.1 Å². The molecule has 0 radical (unpaired) electrons. The highest BCUT2D eigenvalue weighted by Crippen LogP contribution is 2.22. The van der Waals surface area contributed by atoms with Crippen LogP contribution in [0.3, 0.4) is 0 Å². The highest BCUT2D eigenvalue weighted by Gasteiger charge is 2.15. The second-order valence-electron chi connectivity index (χ2n) is 5.26. The number of hydrogen-bond acceptors (Lipinski definition) is 4. The monoisotopic (exact) mass is 362 g/mol. The zero-order valence-electron chi connectivity index (χ0n) is 12.8. The lowest BCUT2D eigenvalue weighted by molar-refractivity contribution is -0.122. The first kappa shape index (κ1) is 16.5. The van der Waals surface area contributed by atoms with Gasteiger partial charge in [0.1, 0.15) is 12.4 Å². The molecule has 0 aliphatic heterocycles. The second-order valence-corrected chi connectivity index (χ2v) is 6.59. The lowest BCUT2D eigenvalue weighted by atomic mass is 10.1. The Morgan fingerprint density at radius 1 is 1.42 bits per heavy atom. The van der Waals surface area contributed by atoms with Crippen LogP contribution in [0.2, 0.25) is 0 Å². The van der Waals surface area contributed by atoms with Crippen LogP contribution in [0.1, 0.15) is 18.5 Å². The summed E-state index contributed by atoms with van der Waals surface area (Å²) in [7, 11) is 0. The summed E-state index contributed by atoms with van der Waals surface area (Å²) in [5, 5.41) is 11.7. The van der Waals surface area contributed by atoms with E-state index in [1.165, 1.54) is 23.5 Å². The van der Waals surface area contributed by atoms with Gasteiger partial charge in [-0.05, 0) is 48.3 Å². The molecule has 0 spiro atoms. The van der Waals surface area contributed by atoms with Gasteiger partial charge in [-0.2, -0.15) is 5.10 Å². The lowest BCUT2D eigenvalue weighted by Crippen LogP contribution is -2.30. The van der Waals surface area contributed by atoms with E-state index in [4.69, 9.17) is 12.2 Å². The molecule has 1 amide bonds. The molecule has 24 heavy (non-hydrogen) atoms. The fourth-order valence-corrected chi connectivity index (χ4v) is 3.24. The normalized spacial score (nSPS) is 12.1. The number of benzene rings is 1. The Morgan fingerprint density at radius 3 is 2.83 bits per heavy atom. The van der Waals surface area contributed by atoms with Gasteiger partial charge in [-0.25, -0.2) is 4.39 Å². The maximum Gasteiger partial charge on any atom is 0.240 e. The summed E-state index contributed by atoms with van der Waals surface area (Å²) in [5.74, 6) is 0.143. The zero-order valence-corrected chi connectivity index (χ0v) is 14.5. The van der Waals surface area contributed by atoms with Crippen LogP contribution >= 0.6 is 23.6 Å². The minimum absolute atomic E-state index is 0.0636. The smallest absolute Gasteiger partial charge is 0.240 e. The zero-order chi connectivity index (χ0) is 17.1. The van der Waals surface area contributed by atoms with E-state index in [0.29, 0.717) is 10.6 Å². The molecule has 0 bridgehead atoms. The van der Waals surface area contributed by atoms with Crippen molar-refractivity contribution < 1.29 is 9.18 Å². The summed E-state index contributed by atoms with van der Waals surface area (Å²) in [6.45, 7) is 1.91. The van der Waals surface area contributed by atoms with Crippen molar-refractivity contribution in [1.29, 1.82) is 0 Å². The molecule has 2 aromatic heterocycles. The van der Waals surface area contributed by atoms with E-state index < -0.39 is 0 Å². The van der Waals surface area contributed by atoms with Crippen molar-refractivity contribution in [2.24, 2.45) is 0 Å². The van der Waals surface area contributed by atoms with E-state index in [-0.39, 0.29) is 24.3 Å². The summed E-state index contributed by atoms with van der Waals surface area (Å²) in [6.07, 6.45) is 0. The molecule has 0 aliphatic rings. The Hall–Kier alpha value is -2.32. The van der Waals surface area contributed by atoms with Gasteiger partial charge >= 0.3 is 0 Å². The van der Waals surface area contributed by atoms with Gasteiger partial charge in [0.2, 0.25) is 5.91 Å². The molecule has 2 N–H and O–H groups in total. The van der Waals surface area contributed by atoms with Crippen molar-refractivity contribution in [3.05, 3.63) is 57.9 Å². The number of aromatic nitrogens is 3. The van der Waals surface area contributed by atoms with Gasteiger partial charge in [0, 0.05) is 0 Å². The Bertz CT molecular complexity index is 884. The lowest BCUT2D eigenvalue weighted by Gasteiger charge is -2.15. The maximum atomic E-state index is 13.0. The van der Waals surface area contributed by atoms with Crippen LogP contribution in [0.25, 0.3) is 10.7 Å². The van der Waals surface area contributed by atoms with E-state index >= 15 is 0 Å². The van der Waals surface area contributed by atoms with Crippen molar-refractivity contribution in [2.75, 3.05) is 0 Å². The second kappa shape index (κ2) is 7.06. The van der Waals surface area contributed by atoms with Gasteiger partial charge in [0.05, 0.1) is 10.9 Å². The Balaban J connectivity index is 1.73. The molecule has 0 saturated carbocycles. The topological polar surface area (TPSA) is 62.7 Å². The number of rotatable bonds is 5. The molecule has 5 nitrogen and oxygen atoms in total. The molecule has 0 unspecified atom stereocenters. The van der Waals surface area contributed by atoms with Crippen LogP contribution in [0, 0.1) is 10.6 Å². The van der Waals surface area contributed by atoms with E-state index in [9.17, 15) is 9.18 Å². The number of hydrogen-bond donors (Lipinski definition) is 2. The van der Waals surface area contributed by atoms with Gasteiger partial charge in [-0.15, -0.1) is 11.3 Å². The standard InChI is InChI=1S/C16H15FN4OS2/c1-10(11-4-6-12(17)7-5-11)18-14(22)9-21-15(19-20-16(21)23)13-3-2-8-24-13/h2-8,10H,9H2,1H3,(H,18,22)(H,20,23)/t10-/m1/s1. The summed E-state index contributed by atoms with van der Waals surface area (Å²) >= 11 is 6.74. The first-order chi connectivity index (χ1) is 11.5. The van der Waals surface area contributed by atoms with Gasteiger partial charge < -0.3 is 5.32 Å². The van der Waals surface area contributed by atoms with E-state index in [2.05, 4.69) is 15.5 Å². The number of aromatic amines is 1. The molecule has 8 heteroatoms. The summed E-state index contributed by atoms with van der Waals surface area (Å²) in [5.41, 5.74) is 0.832. The fourth-order valence-electron chi connectivity index (χ4n) is 2.32. The first-order valence-electron chi connectivity index (χ1n) is 7.28. The Morgan fingerprint density at radius 2 is 2.17 bits per heavy atom. The fraction of sp³-hybridized carbons (Fsp3) is 0.188. The number of H-pyrrole nitrogens is 1. The minimum Gasteiger partial charge on any atom is -0.348 e. The van der Waals surface area contributed by atoms with Crippen LogP contribution < -0.4 is 5.32 Å². The molecule has 1 aromatic carbocycles. The number of thiophene rings is 1. The summed E-state index contributed by atoms with van der Waals surface area (Å²) in [4.78, 5) is 13.3. The number of carbonyl (C=O) groups is 1. The third-order valence-electron chi connectivity index (χ3n) is 3.55. The predicted molar refractivity (Wildman–Crippen MR) is 93.7 cm³/mol. The molecule has 2 heterocycles. The van der Waals surface area contributed by atoms with E-state index in [1.54, 1.807) is 16.7 Å². The molecule has 0 fully saturated rings. The number of amides is 1. The molecule has 3 aromatic rings. The molecule has 1 atom stereocenters. The van der Waals surface area contributed by atoms with Crippen LogP contribution in [0.15, 0.2) is 41.8 Å². The average molecular weight is 362 g/mol. The van der Waals surface area contributed by atoms with Gasteiger partial charge in [0.25, 0.3) is 0 Å². The largest absolute Gasteiger partial charge is 0.348 e. The van der Waals surface area contributed by atoms with E-state index in [0.717, 1.165) is 10.4 Å². The summed E-state index contributed by atoms with van der Waals surface area (Å²) in [6, 6.07) is 9.66. The maximum absolute atomic E-state index is 13.0. The Kier molecular flexibility index (Phi) is 4.86. The van der Waals surface area contributed by atoms with Gasteiger partial charge in [-0.3, -0.25) is 14.5 Å².